The van der Waals surface area contributed by atoms with E-state index in [-0.39, 0.29) is 32.3 Å². The van der Waals surface area contributed by atoms with E-state index in [1.165, 1.54) is 0 Å². The van der Waals surface area contributed by atoms with Gasteiger partial charge in [-0.25, -0.2) is 0 Å². The first kappa shape index (κ1) is 13.7. The van der Waals surface area contributed by atoms with Crippen LogP contribution in [0.4, 0.5) is 0 Å². The van der Waals surface area contributed by atoms with Crippen LogP contribution in [0.25, 0.3) is 0 Å². The van der Waals surface area contributed by atoms with Crippen molar-refractivity contribution in [1.29, 1.82) is 0 Å². The van der Waals surface area contributed by atoms with Crippen LogP contribution in [0.1, 0.15) is 0 Å². The predicted octanol–water partition coefficient (Wildman–Crippen LogP) is 2.37. The number of hydrogen-bond acceptors (Lipinski definition) is 4. The van der Waals surface area contributed by atoms with Crippen molar-refractivity contribution in [2.24, 2.45) is 0 Å². The Labute approximate surface area is 120 Å². The summed E-state index contributed by atoms with van der Waals surface area (Å²) in [6, 6.07) is 6.58. The van der Waals surface area contributed by atoms with Crippen LogP contribution in [0.2, 0.25) is 0 Å². The molecule has 0 amide bonds. The molecular weight excluding hydrogens is 438 g/mol. The van der Waals surface area contributed by atoms with Gasteiger partial charge in [-0.1, -0.05) is 57.3 Å². The molecule has 0 aliphatic heterocycles. The SMILES string of the molecule is O=C(CI)Oc1ccccc1OC(=O)CI. The highest BCUT2D eigenvalue weighted by atomic mass is 127. The average molecular weight is 446 g/mol. The van der Waals surface area contributed by atoms with Crippen molar-refractivity contribution in [3.05, 3.63) is 24.3 Å². The summed E-state index contributed by atoms with van der Waals surface area (Å²) in [7, 11) is 0. The van der Waals surface area contributed by atoms with Gasteiger partial charge < -0.3 is 9.47 Å². The molecule has 6 heteroatoms. The first-order valence-corrected chi connectivity index (χ1v) is 7.34. The van der Waals surface area contributed by atoms with Crippen molar-refractivity contribution in [2.75, 3.05) is 8.86 Å². The lowest BCUT2D eigenvalue weighted by molar-refractivity contribution is -0.133. The van der Waals surface area contributed by atoms with Gasteiger partial charge in [0.05, 0.1) is 8.86 Å². The largest absolute Gasteiger partial charge is 0.422 e. The molecule has 0 radical (unpaired) electrons. The molecule has 0 N–H and O–H groups in total. The molecule has 0 saturated heterocycles. The molecule has 4 nitrogen and oxygen atoms in total. The van der Waals surface area contributed by atoms with Crippen LogP contribution < -0.4 is 9.47 Å². The van der Waals surface area contributed by atoms with Gasteiger partial charge in [-0.3, -0.25) is 9.59 Å². The summed E-state index contributed by atoms with van der Waals surface area (Å²) in [5.41, 5.74) is 0. The van der Waals surface area contributed by atoms with Crippen molar-refractivity contribution < 1.29 is 19.1 Å². The molecule has 1 aromatic carbocycles. The Bertz CT molecular complexity index is 355. The molecule has 0 aromatic heterocycles. The van der Waals surface area contributed by atoms with Crippen molar-refractivity contribution in [1.82, 2.24) is 0 Å². The highest BCUT2D eigenvalue weighted by molar-refractivity contribution is 14.1. The van der Waals surface area contributed by atoms with Crippen molar-refractivity contribution in [3.63, 3.8) is 0 Å². The molecule has 0 unspecified atom stereocenters. The maximum atomic E-state index is 11.1. The summed E-state index contributed by atoms with van der Waals surface area (Å²) in [6.45, 7) is 0. The van der Waals surface area contributed by atoms with E-state index in [1.54, 1.807) is 24.3 Å². The van der Waals surface area contributed by atoms with Crippen LogP contribution in [0.3, 0.4) is 0 Å². The van der Waals surface area contributed by atoms with Crippen LogP contribution in [0.15, 0.2) is 24.3 Å². The molecule has 0 atom stereocenters. The van der Waals surface area contributed by atoms with E-state index >= 15 is 0 Å². The quantitative estimate of drug-likeness (QED) is 0.309. The van der Waals surface area contributed by atoms with Crippen molar-refractivity contribution in [3.8, 4) is 11.5 Å². The second-order valence-corrected chi connectivity index (χ2v) is 4.19. The Hall–Kier alpha value is -0.380. The number of para-hydroxylation sites is 2. The molecule has 1 aromatic rings. The minimum atomic E-state index is -0.376. The monoisotopic (exact) mass is 446 g/mol. The number of carbonyl (C=O) groups is 2. The lowest BCUT2D eigenvalue weighted by atomic mass is 10.3. The number of carbonyl (C=O) groups excluding carboxylic acids is 2. The van der Waals surface area contributed by atoms with Gasteiger partial charge in [-0.05, 0) is 12.1 Å². The minimum Gasteiger partial charge on any atom is -0.422 e. The van der Waals surface area contributed by atoms with Gasteiger partial charge in [-0.2, -0.15) is 0 Å². The van der Waals surface area contributed by atoms with E-state index in [0.29, 0.717) is 0 Å². The summed E-state index contributed by atoms with van der Waals surface area (Å²) in [5, 5.41) is 0. The Morgan fingerprint density at radius 3 is 1.62 bits per heavy atom. The molecule has 1 rings (SSSR count). The predicted molar refractivity (Wildman–Crippen MR) is 75.5 cm³/mol. The molecule has 0 aliphatic carbocycles. The maximum absolute atomic E-state index is 11.1. The molecule has 0 spiro atoms. The number of alkyl halides is 2. The zero-order chi connectivity index (χ0) is 12.0. The Balaban J connectivity index is 2.83. The van der Waals surface area contributed by atoms with E-state index in [1.807, 2.05) is 45.2 Å². The van der Waals surface area contributed by atoms with Gasteiger partial charge in [0.1, 0.15) is 0 Å². The van der Waals surface area contributed by atoms with Gasteiger partial charge in [-0.15, -0.1) is 0 Å². The van der Waals surface area contributed by atoms with Crippen LogP contribution in [0.5, 0.6) is 11.5 Å². The number of ether oxygens (including phenoxy) is 2. The minimum absolute atomic E-state index is 0.242. The summed E-state index contributed by atoms with van der Waals surface area (Å²) in [4.78, 5) is 22.2. The molecule has 0 aliphatic rings. The number of esters is 2. The second-order valence-electron chi connectivity index (χ2n) is 2.66. The Morgan fingerprint density at radius 2 is 1.31 bits per heavy atom. The van der Waals surface area contributed by atoms with E-state index in [4.69, 9.17) is 9.47 Å². The first-order chi connectivity index (χ1) is 7.67. The number of halogens is 2. The topological polar surface area (TPSA) is 52.6 Å². The highest BCUT2D eigenvalue weighted by Crippen LogP contribution is 2.26. The van der Waals surface area contributed by atoms with Crippen LogP contribution in [-0.2, 0) is 9.59 Å². The Morgan fingerprint density at radius 1 is 0.938 bits per heavy atom. The van der Waals surface area contributed by atoms with E-state index in [2.05, 4.69) is 0 Å². The lowest BCUT2D eigenvalue weighted by Crippen LogP contribution is -2.13. The molecule has 86 valence electrons. The molecule has 16 heavy (non-hydrogen) atoms. The van der Waals surface area contributed by atoms with Crippen molar-refractivity contribution in [2.45, 2.75) is 0 Å². The summed E-state index contributed by atoms with van der Waals surface area (Å²) >= 11 is 3.80. The molecule has 0 saturated carbocycles. The van der Waals surface area contributed by atoms with E-state index < -0.39 is 0 Å². The zero-order valence-corrected chi connectivity index (χ0v) is 12.4. The van der Waals surface area contributed by atoms with Crippen LogP contribution in [0, 0.1) is 0 Å². The fourth-order valence-electron chi connectivity index (χ4n) is 0.919. The van der Waals surface area contributed by atoms with Gasteiger partial charge in [0, 0.05) is 0 Å². The van der Waals surface area contributed by atoms with Gasteiger partial charge in [0.15, 0.2) is 11.5 Å². The maximum Gasteiger partial charge on any atom is 0.321 e. The smallest absolute Gasteiger partial charge is 0.321 e. The fourth-order valence-corrected chi connectivity index (χ4v) is 1.23. The first-order valence-electron chi connectivity index (χ1n) is 4.29. The molecule has 0 heterocycles. The third-order valence-corrected chi connectivity index (χ3v) is 2.76. The summed E-state index contributed by atoms with van der Waals surface area (Å²) in [5.74, 6) is -0.220. The average Bonchev–Trinajstić information content (AvgIpc) is 2.31. The molecule has 0 bridgehead atoms. The van der Waals surface area contributed by atoms with E-state index in [0.717, 1.165) is 0 Å². The summed E-state index contributed by atoms with van der Waals surface area (Å²) < 4.78 is 10.5. The summed E-state index contributed by atoms with van der Waals surface area (Å²) in [6.07, 6.45) is 0. The van der Waals surface area contributed by atoms with Crippen LogP contribution >= 0.6 is 45.2 Å². The fraction of sp³-hybridized carbons (Fsp3) is 0.200. The van der Waals surface area contributed by atoms with Gasteiger partial charge in [0.2, 0.25) is 0 Å². The number of rotatable bonds is 4. The van der Waals surface area contributed by atoms with E-state index in [9.17, 15) is 9.59 Å². The third-order valence-electron chi connectivity index (χ3n) is 1.51. The number of benzene rings is 1. The number of hydrogen-bond donors (Lipinski definition) is 0. The van der Waals surface area contributed by atoms with Gasteiger partial charge >= 0.3 is 11.9 Å². The third kappa shape index (κ3) is 4.24. The normalized spacial score (nSPS) is 9.62. The van der Waals surface area contributed by atoms with Crippen LogP contribution in [-0.4, -0.2) is 20.8 Å². The standard InChI is InChI=1S/C10H8I2O4/c11-5-9(13)15-7-3-1-2-4-8(7)16-10(14)6-12/h1-4H,5-6H2. The lowest BCUT2D eigenvalue weighted by Gasteiger charge is -2.08. The van der Waals surface area contributed by atoms with Gasteiger partial charge in [0.25, 0.3) is 0 Å². The Kier molecular flexibility index (Phi) is 6.03. The second kappa shape index (κ2) is 7.05. The van der Waals surface area contributed by atoms with Crippen molar-refractivity contribution >= 4 is 57.1 Å². The zero-order valence-electron chi connectivity index (χ0n) is 8.11. The highest BCUT2D eigenvalue weighted by Gasteiger charge is 2.11. The molecule has 0 fully saturated rings. The molecular formula is C10H8I2O4.